The molecule has 0 N–H and O–H groups in total. The van der Waals surface area contributed by atoms with Gasteiger partial charge in [-0.3, -0.25) is 0 Å². The third-order valence-corrected chi connectivity index (χ3v) is 6.99. The Balaban J connectivity index is 1.63. The van der Waals surface area contributed by atoms with Crippen LogP contribution in [0.3, 0.4) is 0 Å². The van der Waals surface area contributed by atoms with E-state index in [1.807, 2.05) is 77.9 Å². The first-order valence-electron chi connectivity index (χ1n) is 12.5. The van der Waals surface area contributed by atoms with Gasteiger partial charge in [0.2, 0.25) is 0 Å². The van der Waals surface area contributed by atoms with Crippen molar-refractivity contribution >= 4 is 28.8 Å². The number of nitrogens with zero attached hydrogens (tertiary/aromatic N) is 2. The van der Waals surface area contributed by atoms with Crippen molar-refractivity contribution in [1.82, 2.24) is 4.57 Å². The van der Waals surface area contributed by atoms with Crippen LogP contribution in [0.4, 0.5) is 15.3 Å². The summed E-state index contributed by atoms with van der Waals surface area (Å²) in [4.78, 5) is 28.3. The van der Waals surface area contributed by atoms with E-state index in [2.05, 4.69) is 18.7 Å². The summed E-state index contributed by atoms with van der Waals surface area (Å²) in [5.41, 5.74) is 3.83. The smallest absolute Gasteiger partial charge is 0.419 e. The molecule has 1 spiro atoms. The number of aromatic nitrogens is 1. The summed E-state index contributed by atoms with van der Waals surface area (Å²) < 4.78 is 13.3. The second-order valence-electron chi connectivity index (χ2n) is 11.8. The van der Waals surface area contributed by atoms with Crippen LogP contribution in [0.15, 0.2) is 60.8 Å². The molecule has 0 fully saturated rings. The minimum absolute atomic E-state index is 0.364. The summed E-state index contributed by atoms with van der Waals surface area (Å²) in [6, 6.07) is 15.9. The number of anilines is 1. The Hall–Kier alpha value is -3.54. The normalized spacial score (nSPS) is 19.4. The van der Waals surface area contributed by atoms with Crippen LogP contribution in [0.2, 0.25) is 0 Å². The van der Waals surface area contributed by atoms with Crippen LogP contribution in [0.5, 0.6) is 0 Å². The molecule has 0 bridgehead atoms. The maximum Gasteiger partial charge on any atom is 0.419 e. The highest BCUT2D eigenvalue weighted by Gasteiger charge is 2.51. The fraction of sp³-hybridized carbons (Fsp3) is 0.400. The van der Waals surface area contributed by atoms with Crippen molar-refractivity contribution in [1.29, 1.82) is 0 Å². The van der Waals surface area contributed by atoms with Gasteiger partial charge in [-0.1, -0.05) is 43.0 Å². The van der Waals surface area contributed by atoms with Crippen LogP contribution in [-0.2, 0) is 27.7 Å². The number of benzene rings is 2. The van der Waals surface area contributed by atoms with E-state index in [1.54, 1.807) is 9.47 Å². The first-order chi connectivity index (χ1) is 16.8. The van der Waals surface area contributed by atoms with E-state index in [-0.39, 0.29) is 6.09 Å². The molecule has 1 aliphatic heterocycles. The van der Waals surface area contributed by atoms with Crippen molar-refractivity contribution in [3.63, 3.8) is 0 Å². The molecule has 0 unspecified atom stereocenters. The maximum absolute atomic E-state index is 13.3. The monoisotopic (exact) mass is 486 g/mol. The van der Waals surface area contributed by atoms with Crippen LogP contribution < -0.4 is 4.90 Å². The number of carbonyl (C=O) groups excluding carboxylic acids is 2. The van der Waals surface area contributed by atoms with Crippen molar-refractivity contribution in [3.05, 3.63) is 77.6 Å². The summed E-state index contributed by atoms with van der Waals surface area (Å²) in [6.07, 6.45) is 1.22. The third-order valence-electron chi connectivity index (χ3n) is 6.99. The number of carbonyl (C=O) groups is 2. The Labute approximate surface area is 212 Å². The predicted octanol–water partition coefficient (Wildman–Crippen LogP) is 7.12. The van der Waals surface area contributed by atoms with Gasteiger partial charge in [0.25, 0.3) is 0 Å². The van der Waals surface area contributed by atoms with Crippen molar-refractivity contribution in [2.75, 3.05) is 4.90 Å². The summed E-state index contributed by atoms with van der Waals surface area (Å²) >= 11 is 0. The van der Waals surface area contributed by atoms with Gasteiger partial charge in [-0.25, -0.2) is 19.1 Å². The molecule has 0 saturated heterocycles. The molecule has 6 nitrogen and oxygen atoms in total. The van der Waals surface area contributed by atoms with Gasteiger partial charge >= 0.3 is 12.2 Å². The van der Waals surface area contributed by atoms with E-state index in [4.69, 9.17) is 9.47 Å². The van der Waals surface area contributed by atoms with Gasteiger partial charge in [-0.05, 0) is 84.1 Å². The first kappa shape index (κ1) is 24.2. The zero-order valence-corrected chi connectivity index (χ0v) is 22.0. The molecule has 1 aliphatic carbocycles. The summed E-state index contributed by atoms with van der Waals surface area (Å²) in [6.45, 7) is 15.7. The molecular weight excluding hydrogens is 452 g/mol. The van der Waals surface area contributed by atoms with Crippen LogP contribution in [0.1, 0.15) is 64.8 Å². The molecule has 6 heteroatoms. The number of para-hydroxylation sites is 2. The Morgan fingerprint density at radius 1 is 0.889 bits per heavy atom. The number of rotatable bonds is 0. The second-order valence-corrected chi connectivity index (χ2v) is 11.8. The van der Waals surface area contributed by atoms with Gasteiger partial charge in [-0.15, -0.1) is 0 Å². The Kier molecular flexibility index (Phi) is 5.36. The van der Waals surface area contributed by atoms with E-state index in [1.165, 1.54) is 0 Å². The topological polar surface area (TPSA) is 60.8 Å². The number of hydrogen-bond donors (Lipinski definition) is 0. The van der Waals surface area contributed by atoms with Crippen LogP contribution in [0, 0.1) is 0 Å². The minimum Gasteiger partial charge on any atom is -0.443 e. The quantitative estimate of drug-likeness (QED) is 0.339. The zero-order valence-electron chi connectivity index (χ0n) is 22.0. The number of fused-ring (bicyclic) bond motifs is 5. The fourth-order valence-corrected chi connectivity index (χ4v) is 5.64. The van der Waals surface area contributed by atoms with Crippen molar-refractivity contribution < 1.29 is 19.1 Å². The average Bonchev–Trinajstić information content (AvgIpc) is 3.22. The minimum atomic E-state index is -0.622. The highest BCUT2D eigenvalue weighted by molar-refractivity contribution is 5.98. The highest BCUT2D eigenvalue weighted by Crippen LogP contribution is 2.55. The molecule has 1 aromatic heterocycles. The largest absolute Gasteiger partial charge is 0.443 e. The summed E-state index contributed by atoms with van der Waals surface area (Å²) in [5.74, 6) is 0. The average molecular weight is 487 g/mol. The molecule has 36 heavy (non-hydrogen) atoms. The highest BCUT2D eigenvalue weighted by atomic mass is 16.6. The Morgan fingerprint density at radius 3 is 2.19 bits per heavy atom. The standard InChI is InChI=1S/C30H34N2O4/c1-19-30(22-13-9-11-15-25(22)31(19)26(33)35-28(2,3)4)17-16-24-21(18-30)20-12-8-10-14-23(20)32(24)27(34)36-29(5,6)7/h8-15H,1,16-18H2,2-7H3/t30-/m0/s1. The molecule has 2 aliphatic rings. The van der Waals surface area contributed by atoms with Crippen molar-refractivity contribution in [3.8, 4) is 0 Å². The van der Waals surface area contributed by atoms with Crippen LogP contribution in [0.25, 0.3) is 10.9 Å². The van der Waals surface area contributed by atoms with E-state index < -0.39 is 22.7 Å². The van der Waals surface area contributed by atoms with Gasteiger partial charge in [0.1, 0.15) is 11.2 Å². The van der Waals surface area contributed by atoms with Gasteiger partial charge in [0, 0.05) is 22.2 Å². The van der Waals surface area contributed by atoms with E-state index in [0.717, 1.165) is 39.1 Å². The summed E-state index contributed by atoms with van der Waals surface area (Å²) in [5, 5.41) is 1.03. The SMILES string of the molecule is C=C1N(C(=O)OC(C)(C)C)c2ccccc2[C@]12CCc1c(c3ccccc3n1C(=O)OC(C)(C)C)C2. The molecular formula is C30H34N2O4. The zero-order chi connectivity index (χ0) is 26.0. The Morgan fingerprint density at radius 2 is 1.50 bits per heavy atom. The maximum atomic E-state index is 13.3. The molecule has 0 radical (unpaired) electrons. The lowest BCUT2D eigenvalue weighted by Gasteiger charge is -2.36. The van der Waals surface area contributed by atoms with E-state index in [0.29, 0.717) is 19.3 Å². The number of ether oxygens (including phenoxy) is 2. The third kappa shape index (κ3) is 3.80. The fourth-order valence-electron chi connectivity index (χ4n) is 5.64. The number of amides is 1. The molecule has 0 saturated carbocycles. The molecule has 3 aromatic rings. The van der Waals surface area contributed by atoms with Gasteiger partial charge in [-0.2, -0.15) is 0 Å². The lowest BCUT2D eigenvalue weighted by molar-refractivity contribution is 0.0537. The van der Waals surface area contributed by atoms with Gasteiger partial charge in [0.05, 0.1) is 11.2 Å². The van der Waals surface area contributed by atoms with Crippen LogP contribution >= 0.6 is 0 Å². The first-order valence-corrected chi connectivity index (χ1v) is 12.5. The second kappa shape index (κ2) is 7.99. The van der Waals surface area contributed by atoms with Gasteiger partial charge in [0.15, 0.2) is 0 Å². The Bertz CT molecular complexity index is 1400. The lowest BCUT2D eigenvalue weighted by Crippen LogP contribution is -2.40. The van der Waals surface area contributed by atoms with Crippen molar-refractivity contribution in [2.24, 2.45) is 0 Å². The molecule has 5 rings (SSSR count). The van der Waals surface area contributed by atoms with Gasteiger partial charge < -0.3 is 9.47 Å². The predicted molar refractivity (Wildman–Crippen MR) is 142 cm³/mol. The van der Waals surface area contributed by atoms with Crippen LogP contribution in [-0.4, -0.2) is 28.0 Å². The molecule has 2 heterocycles. The number of hydrogen-bond acceptors (Lipinski definition) is 4. The van der Waals surface area contributed by atoms with E-state index >= 15 is 0 Å². The number of allylic oxidation sites excluding steroid dienone is 1. The van der Waals surface area contributed by atoms with E-state index in [9.17, 15) is 9.59 Å². The van der Waals surface area contributed by atoms with Crippen molar-refractivity contribution in [2.45, 2.75) is 77.4 Å². The molecule has 2 aromatic carbocycles. The lowest BCUT2D eigenvalue weighted by atomic mass is 9.68. The molecule has 188 valence electrons. The summed E-state index contributed by atoms with van der Waals surface area (Å²) in [7, 11) is 0. The molecule has 1 atom stereocenters. The molecule has 1 amide bonds.